The number of anilines is 1. The fraction of sp³-hybridized carbons (Fsp3) is 0.652. The van der Waals surface area contributed by atoms with Crippen LogP contribution in [0.15, 0.2) is 24.3 Å². The molecule has 3 fully saturated rings. The predicted octanol–water partition coefficient (Wildman–Crippen LogP) is 2.42. The highest BCUT2D eigenvalue weighted by atomic mass is 16.5. The quantitative estimate of drug-likeness (QED) is 0.822. The average Bonchev–Trinajstić information content (AvgIpc) is 3.21. The molecule has 1 aromatic carbocycles. The molecule has 1 aromatic rings. The minimum absolute atomic E-state index is 0.0492. The van der Waals surface area contributed by atoms with E-state index in [2.05, 4.69) is 10.2 Å². The van der Waals surface area contributed by atoms with Gasteiger partial charge >= 0.3 is 6.03 Å². The fourth-order valence-electron chi connectivity index (χ4n) is 5.75. The number of carbonyl (C=O) groups is 2. The fourth-order valence-corrected chi connectivity index (χ4v) is 5.75. The summed E-state index contributed by atoms with van der Waals surface area (Å²) in [6.07, 6.45) is 2.66. The van der Waals surface area contributed by atoms with Gasteiger partial charge in [0.05, 0.1) is 12.0 Å². The maximum atomic E-state index is 13.3. The maximum absolute atomic E-state index is 13.3. The van der Waals surface area contributed by atoms with Crippen molar-refractivity contribution in [3.63, 3.8) is 0 Å². The molecule has 0 aromatic heterocycles. The van der Waals surface area contributed by atoms with E-state index in [1.807, 2.05) is 48.0 Å². The molecule has 2 spiro atoms. The normalized spacial score (nSPS) is 26.2. The molecule has 3 amide bonds. The van der Waals surface area contributed by atoms with Gasteiger partial charge in [-0.2, -0.15) is 0 Å². The molecular weight excluding hydrogens is 380 g/mol. The van der Waals surface area contributed by atoms with Gasteiger partial charge in [0.15, 0.2) is 0 Å². The van der Waals surface area contributed by atoms with E-state index in [-0.39, 0.29) is 16.9 Å². The van der Waals surface area contributed by atoms with Crippen LogP contribution in [0.4, 0.5) is 10.5 Å². The summed E-state index contributed by atoms with van der Waals surface area (Å²) in [6, 6.07) is 7.82. The summed E-state index contributed by atoms with van der Waals surface area (Å²) >= 11 is 0. The topological polar surface area (TPSA) is 65.1 Å². The van der Waals surface area contributed by atoms with Crippen molar-refractivity contribution in [2.24, 2.45) is 10.8 Å². The SMILES string of the molecule is COCCN1CC2(CCN(C(=O)Nc3ccc(C)cc3)CC2)[C@]2(CCN(C)C2=O)C1. The summed E-state index contributed by atoms with van der Waals surface area (Å²) in [5.74, 6) is 0.292. The number of amides is 3. The van der Waals surface area contributed by atoms with Crippen LogP contribution in [0.2, 0.25) is 0 Å². The molecule has 0 aliphatic carbocycles. The first-order valence-corrected chi connectivity index (χ1v) is 11.0. The van der Waals surface area contributed by atoms with Gasteiger partial charge in [0.1, 0.15) is 0 Å². The summed E-state index contributed by atoms with van der Waals surface area (Å²) in [5.41, 5.74) is 1.63. The van der Waals surface area contributed by atoms with E-state index >= 15 is 0 Å². The van der Waals surface area contributed by atoms with Crippen molar-refractivity contribution >= 4 is 17.6 Å². The lowest BCUT2D eigenvalue weighted by Gasteiger charge is -2.46. The molecule has 30 heavy (non-hydrogen) atoms. The van der Waals surface area contributed by atoms with Gasteiger partial charge in [-0.25, -0.2) is 4.79 Å². The summed E-state index contributed by atoms with van der Waals surface area (Å²) in [4.78, 5) is 32.3. The molecule has 164 valence electrons. The number of likely N-dealkylation sites (tertiary alicyclic amines) is 3. The minimum Gasteiger partial charge on any atom is -0.383 e. The molecule has 0 saturated carbocycles. The molecule has 0 radical (unpaired) electrons. The maximum Gasteiger partial charge on any atom is 0.321 e. The number of carbonyl (C=O) groups excluding carboxylic acids is 2. The van der Waals surface area contributed by atoms with E-state index in [0.29, 0.717) is 25.6 Å². The van der Waals surface area contributed by atoms with E-state index in [9.17, 15) is 9.59 Å². The number of piperidine rings is 1. The number of benzene rings is 1. The van der Waals surface area contributed by atoms with Crippen molar-refractivity contribution in [2.75, 3.05) is 65.3 Å². The Balaban J connectivity index is 1.46. The van der Waals surface area contributed by atoms with Crippen molar-refractivity contribution in [1.82, 2.24) is 14.7 Å². The number of nitrogens with zero attached hydrogens (tertiary/aromatic N) is 3. The molecule has 0 bridgehead atoms. The Morgan fingerprint density at radius 1 is 1.10 bits per heavy atom. The van der Waals surface area contributed by atoms with Crippen LogP contribution in [0.1, 0.15) is 24.8 Å². The second kappa shape index (κ2) is 8.19. The number of rotatable bonds is 4. The number of hydrogen-bond donors (Lipinski definition) is 1. The number of hydrogen-bond acceptors (Lipinski definition) is 4. The average molecular weight is 415 g/mol. The highest BCUT2D eigenvalue weighted by Gasteiger charge is 2.64. The number of aryl methyl sites for hydroxylation is 1. The molecule has 3 saturated heterocycles. The predicted molar refractivity (Wildman–Crippen MR) is 116 cm³/mol. The third kappa shape index (κ3) is 3.58. The van der Waals surface area contributed by atoms with Crippen molar-refractivity contribution in [1.29, 1.82) is 0 Å². The molecule has 1 N–H and O–H groups in total. The van der Waals surface area contributed by atoms with Crippen LogP contribution >= 0.6 is 0 Å². The van der Waals surface area contributed by atoms with Crippen LogP contribution in [0.25, 0.3) is 0 Å². The first-order chi connectivity index (χ1) is 14.4. The number of urea groups is 1. The van der Waals surface area contributed by atoms with E-state index in [0.717, 1.165) is 51.1 Å². The van der Waals surface area contributed by atoms with E-state index in [1.165, 1.54) is 5.56 Å². The summed E-state index contributed by atoms with van der Waals surface area (Å²) in [7, 11) is 3.65. The molecule has 3 aliphatic rings. The van der Waals surface area contributed by atoms with Crippen LogP contribution in [-0.2, 0) is 9.53 Å². The van der Waals surface area contributed by atoms with Crippen molar-refractivity contribution in [2.45, 2.75) is 26.2 Å². The second-order valence-electron chi connectivity index (χ2n) is 9.33. The van der Waals surface area contributed by atoms with Crippen LogP contribution in [0, 0.1) is 17.8 Å². The Labute approximate surface area is 179 Å². The highest BCUT2D eigenvalue weighted by molar-refractivity contribution is 5.89. The van der Waals surface area contributed by atoms with Gasteiger partial charge in [-0.3, -0.25) is 9.69 Å². The van der Waals surface area contributed by atoms with Crippen molar-refractivity contribution in [3.05, 3.63) is 29.8 Å². The van der Waals surface area contributed by atoms with Gasteiger partial charge in [0.25, 0.3) is 0 Å². The van der Waals surface area contributed by atoms with Crippen LogP contribution < -0.4 is 5.32 Å². The lowest BCUT2D eigenvalue weighted by molar-refractivity contribution is -0.141. The molecule has 7 nitrogen and oxygen atoms in total. The summed E-state index contributed by atoms with van der Waals surface area (Å²) < 4.78 is 5.29. The van der Waals surface area contributed by atoms with E-state index in [1.54, 1.807) is 7.11 Å². The van der Waals surface area contributed by atoms with Gasteiger partial charge in [0.2, 0.25) is 5.91 Å². The Morgan fingerprint density at radius 2 is 1.80 bits per heavy atom. The number of methoxy groups -OCH3 is 1. The summed E-state index contributed by atoms with van der Waals surface area (Å²) in [6.45, 7) is 7.51. The molecule has 4 rings (SSSR count). The van der Waals surface area contributed by atoms with E-state index in [4.69, 9.17) is 4.74 Å². The van der Waals surface area contributed by atoms with Gasteiger partial charge in [-0.05, 0) is 38.3 Å². The number of ether oxygens (including phenoxy) is 1. The Bertz CT molecular complexity index is 788. The third-order valence-electron chi connectivity index (χ3n) is 7.59. The first-order valence-electron chi connectivity index (χ1n) is 11.0. The van der Waals surface area contributed by atoms with Gasteiger partial charge in [0, 0.05) is 64.5 Å². The molecule has 3 heterocycles. The zero-order valence-electron chi connectivity index (χ0n) is 18.4. The molecule has 0 unspecified atom stereocenters. The Kier molecular flexibility index (Phi) is 5.77. The van der Waals surface area contributed by atoms with Gasteiger partial charge in [-0.1, -0.05) is 17.7 Å². The van der Waals surface area contributed by atoms with Gasteiger partial charge < -0.3 is 19.9 Å². The largest absolute Gasteiger partial charge is 0.383 e. The van der Waals surface area contributed by atoms with Crippen LogP contribution in [0.3, 0.4) is 0 Å². The molecule has 3 aliphatic heterocycles. The highest BCUT2D eigenvalue weighted by Crippen LogP contribution is 2.57. The molecule has 7 heteroatoms. The number of fused-ring (bicyclic) bond motifs is 1. The lowest BCUT2D eigenvalue weighted by atomic mass is 9.60. The van der Waals surface area contributed by atoms with Crippen LogP contribution in [0.5, 0.6) is 0 Å². The Hall–Kier alpha value is -2.12. The second-order valence-corrected chi connectivity index (χ2v) is 9.33. The van der Waals surface area contributed by atoms with Crippen LogP contribution in [-0.4, -0.2) is 86.7 Å². The smallest absolute Gasteiger partial charge is 0.321 e. The standard InChI is InChI=1S/C23H34N4O3/c1-18-4-6-19(7-5-18)24-21(29)27-12-8-22(9-13-27)16-26(14-15-30-3)17-23(22)10-11-25(2)20(23)28/h4-7H,8-17H2,1-3H3,(H,24,29)/t23-/m1/s1. The third-order valence-corrected chi connectivity index (χ3v) is 7.59. The van der Waals surface area contributed by atoms with Crippen molar-refractivity contribution < 1.29 is 14.3 Å². The monoisotopic (exact) mass is 414 g/mol. The van der Waals surface area contributed by atoms with Crippen molar-refractivity contribution in [3.8, 4) is 0 Å². The molecule has 1 atom stereocenters. The lowest BCUT2D eigenvalue weighted by Crippen LogP contribution is -2.54. The number of nitrogens with one attached hydrogen (secondary N) is 1. The van der Waals surface area contributed by atoms with Gasteiger partial charge in [-0.15, -0.1) is 0 Å². The minimum atomic E-state index is -0.311. The zero-order valence-corrected chi connectivity index (χ0v) is 18.4. The zero-order chi connectivity index (χ0) is 21.4. The molecular formula is C23H34N4O3. The Morgan fingerprint density at radius 3 is 2.40 bits per heavy atom. The van der Waals surface area contributed by atoms with E-state index < -0.39 is 0 Å². The summed E-state index contributed by atoms with van der Waals surface area (Å²) in [5, 5.41) is 3.02. The first kappa shape index (κ1) is 21.1.